The largest absolute Gasteiger partial charge is 0.504 e. The van der Waals surface area contributed by atoms with E-state index in [9.17, 15) is 19.8 Å². The molecule has 256 valence electrons. The van der Waals surface area contributed by atoms with Gasteiger partial charge in [-0.25, -0.2) is 10.9 Å². The van der Waals surface area contributed by atoms with Crippen LogP contribution in [0.4, 0.5) is 5.69 Å². The zero-order chi connectivity index (χ0) is 34.0. The van der Waals surface area contributed by atoms with Gasteiger partial charge in [-0.15, -0.1) is 0 Å². The summed E-state index contributed by atoms with van der Waals surface area (Å²) in [6.45, 7) is 6.40. The average Bonchev–Trinajstić information content (AvgIpc) is 3.40. The molecule has 0 bridgehead atoms. The molecule has 3 atom stereocenters. The zero-order valence-corrected chi connectivity index (χ0v) is 27.6. The lowest BCUT2D eigenvalue weighted by atomic mass is 9.99. The van der Waals surface area contributed by atoms with Crippen LogP contribution in [0, 0.1) is 0 Å². The number of nitrogens with one attached hydrogen (secondary N) is 4. The molecular formula is C34H41ClN6O7. The van der Waals surface area contributed by atoms with Crippen molar-refractivity contribution in [1.82, 2.24) is 21.5 Å². The molecule has 2 heterocycles. The molecule has 0 aromatic heterocycles. The third-order valence-electron chi connectivity index (χ3n) is 7.84. The highest BCUT2D eigenvalue weighted by molar-refractivity contribution is 6.30. The number of aromatic hydroxyl groups is 2. The van der Waals surface area contributed by atoms with Gasteiger partial charge in [0.1, 0.15) is 18.5 Å². The summed E-state index contributed by atoms with van der Waals surface area (Å²) in [6.07, 6.45) is -0.0951. The van der Waals surface area contributed by atoms with E-state index in [1.54, 1.807) is 0 Å². The predicted octanol–water partition coefficient (Wildman–Crippen LogP) is 2.93. The Bertz CT molecular complexity index is 1610. The van der Waals surface area contributed by atoms with Gasteiger partial charge in [0.2, 0.25) is 5.91 Å². The van der Waals surface area contributed by atoms with Gasteiger partial charge < -0.3 is 40.0 Å². The molecule has 14 heteroatoms. The Kier molecular flexibility index (Phi) is 12.1. The van der Waals surface area contributed by atoms with Gasteiger partial charge in [0.05, 0.1) is 50.8 Å². The highest BCUT2D eigenvalue weighted by Gasteiger charge is 2.40. The van der Waals surface area contributed by atoms with Crippen LogP contribution in [0.1, 0.15) is 41.8 Å². The summed E-state index contributed by atoms with van der Waals surface area (Å²) in [7, 11) is 0. The number of halogens is 1. The quantitative estimate of drug-likeness (QED) is 0.104. The van der Waals surface area contributed by atoms with Gasteiger partial charge in [-0.2, -0.15) is 0 Å². The molecule has 1 fully saturated rings. The number of anilines is 1. The predicted molar refractivity (Wildman–Crippen MR) is 182 cm³/mol. The van der Waals surface area contributed by atoms with Gasteiger partial charge >= 0.3 is 0 Å². The summed E-state index contributed by atoms with van der Waals surface area (Å²) in [6, 6.07) is 16.9. The van der Waals surface area contributed by atoms with Crippen molar-refractivity contribution in [2.24, 2.45) is 4.99 Å². The first-order valence-electron chi connectivity index (χ1n) is 15.9. The third kappa shape index (κ3) is 8.74. The minimum atomic E-state index is -0.381. The second-order valence-electron chi connectivity index (χ2n) is 11.2. The van der Waals surface area contributed by atoms with E-state index in [0.29, 0.717) is 43.7 Å². The first kappa shape index (κ1) is 34.9. The Morgan fingerprint density at radius 1 is 0.917 bits per heavy atom. The second kappa shape index (κ2) is 16.6. The molecule has 2 amide bonds. The van der Waals surface area contributed by atoms with E-state index in [4.69, 9.17) is 30.8 Å². The SMILES string of the molecule is CCNC(=O)C[C@@H]1N=C(c2ccc(Cl)cc2)c2cc(OCCOCCOCCNC(=O)c3ccc(O)c(O)c3)ccc2N2C(C)NNC12. The third-order valence-corrected chi connectivity index (χ3v) is 8.09. The summed E-state index contributed by atoms with van der Waals surface area (Å²) in [4.78, 5) is 32.2. The normalized spacial score (nSPS) is 18.4. The molecule has 2 unspecified atom stereocenters. The van der Waals surface area contributed by atoms with Gasteiger partial charge in [0.15, 0.2) is 11.5 Å². The number of amides is 2. The van der Waals surface area contributed by atoms with Crippen molar-refractivity contribution in [1.29, 1.82) is 0 Å². The maximum absolute atomic E-state index is 12.7. The lowest BCUT2D eigenvalue weighted by Gasteiger charge is -2.31. The molecule has 1 saturated heterocycles. The fourth-order valence-corrected chi connectivity index (χ4v) is 5.68. The lowest BCUT2D eigenvalue weighted by Crippen LogP contribution is -2.47. The summed E-state index contributed by atoms with van der Waals surface area (Å²) < 4.78 is 17.3. The van der Waals surface area contributed by atoms with Gasteiger partial charge in [-0.1, -0.05) is 23.7 Å². The number of rotatable bonds is 15. The van der Waals surface area contributed by atoms with Crippen molar-refractivity contribution in [2.75, 3.05) is 51.0 Å². The Hall–Kier alpha value is -4.40. The summed E-state index contributed by atoms with van der Waals surface area (Å²) in [5, 5.41) is 25.1. The molecule has 6 N–H and O–H groups in total. The van der Waals surface area contributed by atoms with E-state index in [0.717, 1.165) is 22.5 Å². The van der Waals surface area contributed by atoms with Crippen LogP contribution in [-0.4, -0.2) is 92.2 Å². The van der Waals surface area contributed by atoms with Crippen LogP contribution in [0.15, 0.2) is 65.7 Å². The van der Waals surface area contributed by atoms with E-state index >= 15 is 0 Å². The number of carbonyl (C=O) groups is 2. The number of hydrazine groups is 1. The highest BCUT2D eigenvalue weighted by atomic mass is 35.5. The second-order valence-corrected chi connectivity index (χ2v) is 11.7. The number of aliphatic imine (C=N–C) groups is 1. The highest BCUT2D eigenvalue weighted by Crippen LogP contribution is 2.36. The monoisotopic (exact) mass is 680 g/mol. The molecule has 13 nitrogen and oxygen atoms in total. The number of hydrogen-bond donors (Lipinski definition) is 6. The zero-order valence-electron chi connectivity index (χ0n) is 26.9. The van der Waals surface area contributed by atoms with Crippen LogP contribution >= 0.6 is 11.6 Å². The summed E-state index contributed by atoms with van der Waals surface area (Å²) in [5.41, 5.74) is 10.3. The molecule has 48 heavy (non-hydrogen) atoms. The van der Waals surface area contributed by atoms with Crippen molar-refractivity contribution >= 4 is 34.8 Å². The molecule has 3 aromatic rings. The first-order chi connectivity index (χ1) is 23.2. The molecule has 3 aromatic carbocycles. The Labute approximate surface area is 284 Å². The molecule has 2 aliphatic heterocycles. The molecule has 0 aliphatic carbocycles. The minimum Gasteiger partial charge on any atom is -0.504 e. The maximum atomic E-state index is 12.7. The number of phenols is 2. The molecule has 5 rings (SSSR count). The number of carbonyl (C=O) groups excluding carboxylic acids is 2. The van der Waals surface area contributed by atoms with E-state index in [1.807, 2.05) is 49.4 Å². The standard InChI is InChI=1S/C34H41ClN6O7/c1-3-36-31(44)20-27-33-40-39-21(2)41(33)28-10-9-25(19-26(28)32(38-27)22-4-7-24(35)8-5-22)48-17-16-47-15-14-46-13-12-37-34(45)23-6-11-29(42)30(43)18-23/h4-11,18-19,21,27,33,39-40,42-43H,3,12-17,20H2,1-2H3,(H,36,44)(H,37,45)/t21?,27-,33?/m0/s1. The number of fused-ring (bicyclic) bond motifs is 3. The topological polar surface area (TPSA) is 166 Å². The average molecular weight is 681 g/mol. The molecule has 0 radical (unpaired) electrons. The van der Waals surface area contributed by atoms with E-state index < -0.39 is 0 Å². The first-order valence-corrected chi connectivity index (χ1v) is 16.3. The van der Waals surface area contributed by atoms with Crippen LogP contribution in [0.2, 0.25) is 5.02 Å². The van der Waals surface area contributed by atoms with E-state index in [2.05, 4.69) is 33.3 Å². The van der Waals surface area contributed by atoms with Gasteiger partial charge in [-0.3, -0.25) is 14.6 Å². The van der Waals surface area contributed by atoms with Gasteiger partial charge in [0, 0.05) is 40.5 Å². The minimum absolute atomic E-state index is 0.0577. The van der Waals surface area contributed by atoms with Crippen molar-refractivity contribution in [2.45, 2.75) is 38.6 Å². The van der Waals surface area contributed by atoms with E-state index in [-0.39, 0.29) is 66.8 Å². The summed E-state index contributed by atoms with van der Waals surface area (Å²) in [5.74, 6) is -0.437. The molecule has 0 spiro atoms. The van der Waals surface area contributed by atoms with Gasteiger partial charge in [0.25, 0.3) is 5.91 Å². The molecule has 2 aliphatic rings. The Balaban J connectivity index is 1.16. The van der Waals surface area contributed by atoms with E-state index in [1.165, 1.54) is 18.2 Å². The van der Waals surface area contributed by atoms with Crippen LogP contribution in [0.3, 0.4) is 0 Å². The fraction of sp³-hybridized carbons (Fsp3) is 0.382. The number of ether oxygens (including phenoxy) is 3. The number of hydrogen-bond acceptors (Lipinski definition) is 11. The van der Waals surface area contributed by atoms with Gasteiger partial charge in [-0.05, 0) is 62.4 Å². The Morgan fingerprint density at radius 2 is 1.67 bits per heavy atom. The van der Waals surface area contributed by atoms with Crippen molar-refractivity contribution in [3.05, 3.63) is 82.4 Å². The number of benzene rings is 3. The smallest absolute Gasteiger partial charge is 0.251 e. The summed E-state index contributed by atoms with van der Waals surface area (Å²) >= 11 is 6.22. The number of phenolic OH excluding ortho intramolecular Hbond substituents is 2. The number of nitrogens with zero attached hydrogens (tertiary/aromatic N) is 2. The van der Waals surface area contributed by atoms with Crippen molar-refractivity contribution in [3.8, 4) is 17.2 Å². The molecular weight excluding hydrogens is 640 g/mol. The fourth-order valence-electron chi connectivity index (χ4n) is 5.55. The molecule has 0 saturated carbocycles. The van der Waals surface area contributed by atoms with Crippen molar-refractivity contribution in [3.63, 3.8) is 0 Å². The Morgan fingerprint density at radius 3 is 2.42 bits per heavy atom. The van der Waals surface area contributed by atoms with Crippen LogP contribution < -0.4 is 31.1 Å². The van der Waals surface area contributed by atoms with Crippen LogP contribution in [0.25, 0.3) is 0 Å². The van der Waals surface area contributed by atoms with Crippen LogP contribution in [-0.2, 0) is 14.3 Å². The maximum Gasteiger partial charge on any atom is 0.251 e. The lowest BCUT2D eigenvalue weighted by molar-refractivity contribution is -0.121. The van der Waals surface area contributed by atoms with Crippen molar-refractivity contribution < 1.29 is 34.0 Å². The van der Waals surface area contributed by atoms with Crippen LogP contribution in [0.5, 0.6) is 17.2 Å².